The zero-order valence-electron chi connectivity index (χ0n) is 14.5. The zero-order valence-corrected chi connectivity index (χ0v) is 14.5. The van der Waals surface area contributed by atoms with Crippen molar-refractivity contribution in [1.29, 1.82) is 0 Å². The van der Waals surface area contributed by atoms with Gasteiger partial charge in [0.05, 0.1) is 7.11 Å². The van der Waals surface area contributed by atoms with Gasteiger partial charge in [-0.15, -0.1) is 0 Å². The lowest BCUT2D eigenvalue weighted by Gasteiger charge is -2.14. The number of carbonyl (C=O) groups is 2. The van der Waals surface area contributed by atoms with Crippen molar-refractivity contribution in [2.24, 2.45) is 0 Å². The van der Waals surface area contributed by atoms with Crippen molar-refractivity contribution in [3.05, 3.63) is 59.7 Å². The summed E-state index contributed by atoms with van der Waals surface area (Å²) in [4.78, 5) is 23.8. The third-order valence-electron chi connectivity index (χ3n) is 3.57. The Labute approximate surface area is 147 Å². The van der Waals surface area contributed by atoms with E-state index in [0.717, 1.165) is 5.56 Å². The van der Waals surface area contributed by atoms with Crippen LogP contribution < -0.4 is 20.3 Å². The smallest absolute Gasteiger partial charge is 0.276 e. The molecule has 25 heavy (non-hydrogen) atoms. The van der Waals surface area contributed by atoms with Gasteiger partial charge in [-0.05, 0) is 41.8 Å². The van der Waals surface area contributed by atoms with E-state index in [1.165, 1.54) is 0 Å². The van der Waals surface area contributed by atoms with Crippen LogP contribution in [0.1, 0.15) is 35.7 Å². The summed E-state index contributed by atoms with van der Waals surface area (Å²) in [7, 11) is 1.55. The van der Waals surface area contributed by atoms with E-state index < -0.39 is 11.8 Å². The van der Waals surface area contributed by atoms with E-state index in [1.807, 2.05) is 24.3 Å². The van der Waals surface area contributed by atoms with E-state index in [0.29, 0.717) is 17.1 Å². The summed E-state index contributed by atoms with van der Waals surface area (Å²) in [5, 5.41) is 0. The molecule has 0 unspecified atom stereocenters. The molecule has 2 rings (SSSR count). The summed E-state index contributed by atoms with van der Waals surface area (Å²) < 4.78 is 10.6. The van der Waals surface area contributed by atoms with Crippen LogP contribution in [-0.2, 0) is 4.79 Å². The molecule has 0 fully saturated rings. The Morgan fingerprint density at radius 2 is 1.68 bits per heavy atom. The van der Waals surface area contributed by atoms with Crippen LogP contribution in [0.5, 0.6) is 11.5 Å². The number of hydrazine groups is 1. The van der Waals surface area contributed by atoms with Gasteiger partial charge in [0, 0.05) is 5.56 Å². The number of ether oxygens (including phenoxy) is 2. The molecule has 6 nitrogen and oxygen atoms in total. The Balaban J connectivity index is 1.83. The zero-order chi connectivity index (χ0) is 18.2. The SMILES string of the molecule is COc1ccc(C(=O)NNC(=O)COc2ccccc2C(C)C)cc1. The van der Waals surface area contributed by atoms with Gasteiger partial charge in [-0.1, -0.05) is 32.0 Å². The number of methoxy groups -OCH3 is 1. The van der Waals surface area contributed by atoms with Crippen molar-refractivity contribution in [2.75, 3.05) is 13.7 Å². The van der Waals surface area contributed by atoms with Crippen molar-refractivity contribution >= 4 is 11.8 Å². The Hall–Kier alpha value is -3.02. The fraction of sp³-hybridized carbons (Fsp3) is 0.263. The lowest BCUT2D eigenvalue weighted by molar-refractivity contribution is -0.123. The number of para-hydroxylation sites is 1. The first-order valence-corrected chi connectivity index (χ1v) is 7.96. The molecule has 0 spiro atoms. The van der Waals surface area contributed by atoms with Gasteiger partial charge in [-0.2, -0.15) is 0 Å². The van der Waals surface area contributed by atoms with E-state index in [1.54, 1.807) is 31.4 Å². The molecule has 2 aromatic carbocycles. The first-order chi connectivity index (χ1) is 12.0. The molecule has 0 aliphatic rings. The molecule has 132 valence electrons. The van der Waals surface area contributed by atoms with Gasteiger partial charge in [0.2, 0.25) is 0 Å². The topological polar surface area (TPSA) is 76.7 Å². The first kappa shape index (κ1) is 18.3. The van der Waals surface area contributed by atoms with Crippen molar-refractivity contribution in [1.82, 2.24) is 10.9 Å². The van der Waals surface area contributed by atoms with Gasteiger partial charge in [0.25, 0.3) is 11.8 Å². The Bertz CT molecular complexity index is 726. The van der Waals surface area contributed by atoms with E-state index in [4.69, 9.17) is 9.47 Å². The number of rotatable bonds is 6. The second-order valence-corrected chi connectivity index (χ2v) is 5.71. The van der Waals surface area contributed by atoms with Gasteiger partial charge in [0.1, 0.15) is 11.5 Å². The Morgan fingerprint density at radius 1 is 1.00 bits per heavy atom. The molecule has 2 N–H and O–H groups in total. The number of amides is 2. The van der Waals surface area contributed by atoms with E-state index in [2.05, 4.69) is 24.7 Å². The highest BCUT2D eigenvalue weighted by molar-refractivity contribution is 5.95. The minimum atomic E-state index is -0.444. The minimum absolute atomic E-state index is 0.188. The maximum Gasteiger partial charge on any atom is 0.276 e. The van der Waals surface area contributed by atoms with Crippen molar-refractivity contribution in [2.45, 2.75) is 19.8 Å². The van der Waals surface area contributed by atoms with Crippen LogP contribution >= 0.6 is 0 Å². The molecule has 0 bridgehead atoms. The molecule has 0 atom stereocenters. The van der Waals surface area contributed by atoms with E-state index >= 15 is 0 Å². The van der Waals surface area contributed by atoms with Crippen LogP contribution in [0.4, 0.5) is 0 Å². The highest BCUT2D eigenvalue weighted by Crippen LogP contribution is 2.25. The lowest BCUT2D eigenvalue weighted by Crippen LogP contribution is -2.43. The molecule has 0 saturated heterocycles. The lowest BCUT2D eigenvalue weighted by atomic mass is 10.0. The molecule has 6 heteroatoms. The largest absolute Gasteiger partial charge is 0.497 e. The number of benzene rings is 2. The van der Waals surface area contributed by atoms with Gasteiger partial charge in [-0.3, -0.25) is 20.4 Å². The predicted molar refractivity (Wildman–Crippen MR) is 94.6 cm³/mol. The van der Waals surface area contributed by atoms with E-state index in [-0.39, 0.29) is 12.5 Å². The van der Waals surface area contributed by atoms with Crippen LogP contribution in [-0.4, -0.2) is 25.5 Å². The summed E-state index contributed by atoms with van der Waals surface area (Å²) in [6.07, 6.45) is 0. The summed E-state index contributed by atoms with van der Waals surface area (Å²) in [6.45, 7) is 3.92. The van der Waals surface area contributed by atoms with Crippen LogP contribution in [0.2, 0.25) is 0 Å². The third kappa shape index (κ3) is 5.24. The van der Waals surface area contributed by atoms with E-state index in [9.17, 15) is 9.59 Å². The highest BCUT2D eigenvalue weighted by atomic mass is 16.5. The van der Waals surface area contributed by atoms with Gasteiger partial charge in [0.15, 0.2) is 6.61 Å². The van der Waals surface area contributed by atoms with Gasteiger partial charge < -0.3 is 9.47 Å². The molecular formula is C19H22N2O4. The fourth-order valence-corrected chi connectivity index (χ4v) is 2.21. The first-order valence-electron chi connectivity index (χ1n) is 7.96. The Kier molecular flexibility index (Phi) is 6.39. The fourth-order valence-electron chi connectivity index (χ4n) is 2.21. The second kappa shape index (κ2) is 8.73. The monoisotopic (exact) mass is 342 g/mol. The molecule has 0 aliphatic heterocycles. The van der Waals surface area contributed by atoms with Crippen LogP contribution in [0.25, 0.3) is 0 Å². The minimum Gasteiger partial charge on any atom is -0.497 e. The van der Waals surface area contributed by atoms with Crippen molar-refractivity contribution in [3.8, 4) is 11.5 Å². The predicted octanol–water partition coefficient (Wildman–Crippen LogP) is 2.66. The molecule has 0 aliphatic carbocycles. The van der Waals surface area contributed by atoms with Crippen LogP contribution in [0, 0.1) is 0 Å². The molecule has 2 amide bonds. The summed E-state index contributed by atoms with van der Waals surface area (Å²) in [6, 6.07) is 14.1. The highest BCUT2D eigenvalue weighted by Gasteiger charge is 2.10. The summed E-state index contributed by atoms with van der Waals surface area (Å²) in [5.41, 5.74) is 6.12. The number of carbonyl (C=O) groups excluding carboxylic acids is 2. The second-order valence-electron chi connectivity index (χ2n) is 5.71. The quantitative estimate of drug-likeness (QED) is 0.791. The van der Waals surface area contributed by atoms with Crippen molar-refractivity contribution < 1.29 is 19.1 Å². The Morgan fingerprint density at radius 3 is 2.32 bits per heavy atom. The molecule has 2 aromatic rings. The standard InChI is InChI=1S/C19H22N2O4/c1-13(2)16-6-4-5-7-17(16)25-12-18(22)20-21-19(23)14-8-10-15(24-3)11-9-14/h4-11,13H,12H2,1-3H3,(H,20,22)(H,21,23). The molecule has 0 heterocycles. The maximum absolute atomic E-state index is 12.0. The van der Waals surface area contributed by atoms with Gasteiger partial charge >= 0.3 is 0 Å². The number of nitrogens with one attached hydrogen (secondary N) is 2. The summed E-state index contributed by atoms with van der Waals surface area (Å²) in [5.74, 6) is 0.736. The molecular weight excluding hydrogens is 320 g/mol. The number of hydrogen-bond acceptors (Lipinski definition) is 4. The average Bonchev–Trinajstić information content (AvgIpc) is 2.64. The summed E-state index contributed by atoms with van der Waals surface area (Å²) >= 11 is 0. The van der Waals surface area contributed by atoms with Crippen LogP contribution in [0.15, 0.2) is 48.5 Å². The van der Waals surface area contributed by atoms with Gasteiger partial charge in [-0.25, -0.2) is 0 Å². The van der Waals surface area contributed by atoms with Crippen LogP contribution in [0.3, 0.4) is 0 Å². The normalized spacial score (nSPS) is 10.2. The molecule has 0 aromatic heterocycles. The van der Waals surface area contributed by atoms with Crippen molar-refractivity contribution in [3.63, 3.8) is 0 Å². The average molecular weight is 342 g/mol. The molecule has 0 radical (unpaired) electrons. The number of hydrogen-bond donors (Lipinski definition) is 2. The third-order valence-corrected chi connectivity index (χ3v) is 3.57. The maximum atomic E-state index is 12.0. The molecule has 0 saturated carbocycles.